The molecular formula is C22H23FN6O. The molecule has 1 unspecified atom stereocenters. The third kappa shape index (κ3) is 3.00. The van der Waals surface area contributed by atoms with Crippen molar-refractivity contribution in [2.45, 2.75) is 12.5 Å². The minimum Gasteiger partial charge on any atom is -0.370 e. The van der Waals surface area contributed by atoms with E-state index in [0.29, 0.717) is 28.3 Å². The Balaban J connectivity index is 1.56. The molecule has 0 bridgehead atoms. The fourth-order valence-electron chi connectivity index (χ4n) is 4.21. The summed E-state index contributed by atoms with van der Waals surface area (Å²) in [7, 11) is 4.22. The number of anilines is 1. The van der Waals surface area contributed by atoms with Crippen molar-refractivity contribution in [3.05, 3.63) is 58.6 Å². The first-order chi connectivity index (χ1) is 14.4. The van der Waals surface area contributed by atoms with Crippen LogP contribution in [0, 0.1) is 5.82 Å². The van der Waals surface area contributed by atoms with Crippen LogP contribution in [0.15, 0.2) is 47.3 Å². The molecule has 0 amide bonds. The highest BCUT2D eigenvalue weighted by Gasteiger charge is 2.24. The van der Waals surface area contributed by atoms with Gasteiger partial charge in [0.15, 0.2) is 0 Å². The summed E-state index contributed by atoms with van der Waals surface area (Å²) in [6, 6.07) is 12.4. The van der Waals surface area contributed by atoms with Crippen molar-refractivity contribution in [3.8, 4) is 11.4 Å². The van der Waals surface area contributed by atoms with Crippen molar-refractivity contribution in [2.75, 3.05) is 37.9 Å². The first-order valence-electron chi connectivity index (χ1n) is 9.92. The standard InChI is InChI=1S/C22H23FN6O/c1-27(2)16-7-8-28(12-16)15-4-5-18-19(11-15)26-21(25-18)17-10-13-9-14(23)3-6-20(13)29(24)22(17)30/h3-6,9-11,16H,7-8,12,24H2,1-2H3,(H,25,26). The number of imidazole rings is 1. The number of hydrogen-bond acceptors (Lipinski definition) is 5. The Bertz CT molecular complexity index is 1320. The Morgan fingerprint density at radius 2 is 2.03 bits per heavy atom. The van der Waals surface area contributed by atoms with Crippen molar-refractivity contribution in [1.82, 2.24) is 19.5 Å². The molecule has 1 aliphatic heterocycles. The molecule has 0 radical (unpaired) electrons. The van der Waals surface area contributed by atoms with Crippen LogP contribution in [0.2, 0.25) is 0 Å². The number of nitrogens with zero attached hydrogens (tertiary/aromatic N) is 4. The summed E-state index contributed by atoms with van der Waals surface area (Å²) >= 11 is 0. The van der Waals surface area contributed by atoms with Gasteiger partial charge >= 0.3 is 0 Å². The number of H-pyrrole nitrogens is 1. The van der Waals surface area contributed by atoms with Crippen LogP contribution < -0.4 is 16.3 Å². The average Bonchev–Trinajstić information content (AvgIpc) is 3.37. The van der Waals surface area contributed by atoms with Gasteiger partial charge in [-0.3, -0.25) is 4.79 Å². The fraction of sp³-hybridized carbons (Fsp3) is 0.273. The first-order valence-corrected chi connectivity index (χ1v) is 9.92. The number of aromatic nitrogens is 3. The van der Waals surface area contributed by atoms with E-state index in [1.54, 1.807) is 6.07 Å². The van der Waals surface area contributed by atoms with Crippen LogP contribution in [0.3, 0.4) is 0 Å². The smallest absolute Gasteiger partial charge is 0.280 e. The van der Waals surface area contributed by atoms with E-state index in [4.69, 9.17) is 5.84 Å². The molecule has 1 aliphatic rings. The van der Waals surface area contributed by atoms with Crippen LogP contribution in [0.25, 0.3) is 33.3 Å². The highest BCUT2D eigenvalue weighted by atomic mass is 19.1. The van der Waals surface area contributed by atoms with Gasteiger partial charge in [-0.1, -0.05) is 0 Å². The monoisotopic (exact) mass is 406 g/mol. The molecule has 154 valence electrons. The Morgan fingerprint density at radius 3 is 2.80 bits per heavy atom. The summed E-state index contributed by atoms with van der Waals surface area (Å²) in [6.07, 6.45) is 1.13. The molecule has 2 aromatic heterocycles. The molecule has 4 aromatic rings. The highest BCUT2D eigenvalue weighted by molar-refractivity contribution is 5.86. The van der Waals surface area contributed by atoms with Crippen molar-refractivity contribution < 1.29 is 4.39 Å². The second-order valence-electron chi connectivity index (χ2n) is 8.08. The summed E-state index contributed by atoms with van der Waals surface area (Å²) in [6.45, 7) is 1.98. The number of pyridine rings is 1. The highest BCUT2D eigenvalue weighted by Crippen LogP contribution is 2.27. The molecule has 1 saturated heterocycles. The number of aromatic amines is 1. The number of benzene rings is 2. The molecule has 1 atom stereocenters. The molecule has 2 aromatic carbocycles. The molecule has 5 rings (SSSR count). The van der Waals surface area contributed by atoms with Gasteiger partial charge in [-0.2, -0.15) is 0 Å². The summed E-state index contributed by atoms with van der Waals surface area (Å²) in [5, 5.41) is 0.542. The van der Waals surface area contributed by atoms with Crippen LogP contribution in [0.1, 0.15) is 6.42 Å². The van der Waals surface area contributed by atoms with Gasteiger partial charge < -0.3 is 20.6 Å². The summed E-state index contributed by atoms with van der Waals surface area (Å²) in [5.41, 5.74) is 3.12. The van der Waals surface area contributed by atoms with Gasteiger partial charge in [0, 0.05) is 30.2 Å². The minimum atomic E-state index is -0.387. The Hall–Kier alpha value is -3.39. The number of nitrogens with one attached hydrogen (secondary N) is 1. The van der Waals surface area contributed by atoms with E-state index < -0.39 is 0 Å². The number of halogens is 1. The number of hydrogen-bond donors (Lipinski definition) is 2. The Kier molecular flexibility index (Phi) is 4.25. The molecule has 0 aliphatic carbocycles. The number of rotatable bonds is 3. The quantitative estimate of drug-likeness (QED) is 0.511. The average molecular weight is 406 g/mol. The topological polar surface area (TPSA) is 83.2 Å². The number of nitrogens with two attached hydrogens (primary N) is 1. The molecule has 3 N–H and O–H groups in total. The number of fused-ring (bicyclic) bond motifs is 2. The SMILES string of the molecule is CN(C)C1CCN(c2ccc3nc(-c4cc5cc(F)ccc5n(N)c4=O)[nH]c3c2)C1. The van der Waals surface area contributed by atoms with Gasteiger partial charge in [0.25, 0.3) is 5.56 Å². The van der Waals surface area contributed by atoms with Gasteiger partial charge in [0.1, 0.15) is 11.6 Å². The lowest BCUT2D eigenvalue weighted by atomic mass is 10.1. The van der Waals surface area contributed by atoms with Gasteiger partial charge in [-0.05, 0) is 63.0 Å². The van der Waals surface area contributed by atoms with Crippen LogP contribution in [0.5, 0.6) is 0 Å². The van der Waals surface area contributed by atoms with Crippen LogP contribution in [-0.4, -0.2) is 52.8 Å². The zero-order valence-corrected chi connectivity index (χ0v) is 16.9. The maximum atomic E-state index is 13.7. The summed E-state index contributed by atoms with van der Waals surface area (Å²) in [5.74, 6) is 6.01. The predicted molar refractivity (Wildman–Crippen MR) is 118 cm³/mol. The van der Waals surface area contributed by atoms with Gasteiger partial charge in [0.2, 0.25) is 0 Å². The molecule has 0 saturated carbocycles. The lowest BCUT2D eigenvalue weighted by Crippen LogP contribution is -2.31. The van der Waals surface area contributed by atoms with Crippen LogP contribution in [-0.2, 0) is 0 Å². The first kappa shape index (κ1) is 18.6. The second-order valence-corrected chi connectivity index (χ2v) is 8.08. The zero-order chi connectivity index (χ0) is 21.0. The normalized spacial score (nSPS) is 16.9. The zero-order valence-electron chi connectivity index (χ0n) is 16.9. The molecule has 0 spiro atoms. The van der Waals surface area contributed by atoms with E-state index in [1.807, 2.05) is 6.07 Å². The Morgan fingerprint density at radius 1 is 1.20 bits per heavy atom. The molecule has 7 nitrogen and oxygen atoms in total. The molecular weight excluding hydrogens is 383 g/mol. The van der Waals surface area contributed by atoms with E-state index in [2.05, 4.69) is 46.0 Å². The van der Waals surface area contributed by atoms with Crippen molar-refractivity contribution >= 4 is 27.6 Å². The molecule has 8 heteroatoms. The molecule has 1 fully saturated rings. The van der Waals surface area contributed by atoms with E-state index in [9.17, 15) is 9.18 Å². The second kappa shape index (κ2) is 6.84. The number of likely N-dealkylation sites (N-methyl/N-ethyl adjacent to an activating group) is 1. The summed E-state index contributed by atoms with van der Waals surface area (Å²) < 4.78 is 14.7. The van der Waals surface area contributed by atoms with Gasteiger partial charge in [-0.15, -0.1) is 0 Å². The van der Waals surface area contributed by atoms with Gasteiger partial charge in [0.05, 0.1) is 22.1 Å². The third-order valence-electron chi connectivity index (χ3n) is 5.98. The number of nitrogen functional groups attached to an aromatic ring is 1. The lowest BCUT2D eigenvalue weighted by molar-refractivity contribution is 0.315. The minimum absolute atomic E-state index is 0.308. The van der Waals surface area contributed by atoms with Crippen molar-refractivity contribution in [1.29, 1.82) is 0 Å². The van der Waals surface area contributed by atoms with E-state index in [1.165, 1.54) is 18.2 Å². The largest absolute Gasteiger partial charge is 0.370 e. The predicted octanol–water partition coefficient (Wildman–Crippen LogP) is 2.54. The molecule has 30 heavy (non-hydrogen) atoms. The van der Waals surface area contributed by atoms with E-state index >= 15 is 0 Å². The lowest BCUT2D eigenvalue weighted by Gasteiger charge is -2.21. The van der Waals surface area contributed by atoms with Crippen LogP contribution >= 0.6 is 0 Å². The van der Waals surface area contributed by atoms with Gasteiger partial charge in [-0.25, -0.2) is 14.1 Å². The van der Waals surface area contributed by atoms with Crippen LogP contribution in [0.4, 0.5) is 10.1 Å². The van der Waals surface area contributed by atoms with Crippen molar-refractivity contribution in [2.24, 2.45) is 0 Å². The van der Waals surface area contributed by atoms with E-state index in [0.717, 1.165) is 40.9 Å². The molecule has 3 heterocycles. The summed E-state index contributed by atoms with van der Waals surface area (Å²) in [4.78, 5) is 25.2. The fourth-order valence-corrected chi connectivity index (χ4v) is 4.21. The Labute approximate surface area is 172 Å². The maximum absolute atomic E-state index is 13.7. The third-order valence-corrected chi connectivity index (χ3v) is 5.98. The van der Waals surface area contributed by atoms with Crippen molar-refractivity contribution in [3.63, 3.8) is 0 Å². The maximum Gasteiger partial charge on any atom is 0.280 e. The van der Waals surface area contributed by atoms with E-state index in [-0.39, 0.29) is 11.4 Å².